The van der Waals surface area contributed by atoms with Crippen LogP contribution in [0.15, 0.2) is 29.8 Å². The van der Waals surface area contributed by atoms with Crippen LogP contribution in [0.25, 0.3) is 0 Å². The van der Waals surface area contributed by atoms with Crippen LogP contribution in [0.2, 0.25) is 0 Å². The monoisotopic (exact) mass is 869 g/mol. The van der Waals surface area contributed by atoms with Crippen molar-refractivity contribution in [3.63, 3.8) is 0 Å². The van der Waals surface area contributed by atoms with E-state index in [4.69, 9.17) is 37.9 Å². The number of aryl methyl sites for hydroxylation is 2. The van der Waals surface area contributed by atoms with Crippen LogP contribution < -0.4 is 5.32 Å². The zero-order valence-corrected chi connectivity index (χ0v) is 39.1. The number of rotatable bonds is 11. The number of aliphatic hydroxyl groups excluding tert-OH is 1. The maximum absolute atomic E-state index is 15.1. The van der Waals surface area contributed by atoms with Crippen molar-refractivity contribution in [3.05, 3.63) is 41.0 Å². The van der Waals surface area contributed by atoms with E-state index in [9.17, 15) is 9.90 Å². The number of benzene rings is 1. The van der Waals surface area contributed by atoms with Crippen LogP contribution >= 0.6 is 0 Å². The third-order valence-electron chi connectivity index (χ3n) is 15.7. The number of methoxy groups -OCH3 is 3. The molecule has 348 valence electrons. The molecule has 7 rings (SSSR count). The molecule has 62 heavy (non-hydrogen) atoms. The van der Waals surface area contributed by atoms with Crippen LogP contribution in [-0.4, -0.2) is 137 Å². The summed E-state index contributed by atoms with van der Waals surface area (Å²) in [7, 11) is 9.09. The van der Waals surface area contributed by atoms with Crippen LogP contribution in [0.4, 0.5) is 5.69 Å². The zero-order valence-electron chi connectivity index (χ0n) is 39.1. The summed E-state index contributed by atoms with van der Waals surface area (Å²) >= 11 is 0. The predicted octanol–water partition coefficient (Wildman–Crippen LogP) is 6.39. The maximum atomic E-state index is 15.1. The fourth-order valence-electron chi connectivity index (χ4n) is 12.4. The number of allylic oxidation sites excluding steroid dienone is 2. The Labute approximate surface area is 370 Å². The summed E-state index contributed by atoms with van der Waals surface area (Å²) in [6.07, 6.45) is 3.54. The summed E-state index contributed by atoms with van der Waals surface area (Å²) in [5, 5.41) is 16.7. The number of fused-ring (bicyclic) bond motifs is 5. The van der Waals surface area contributed by atoms with Crippen molar-refractivity contribution in [2.45, 2.75) is 179 Å². The Hall–Kier alpha value is -2.46. The zero-order chi connectivity index (χ0) is 44.6. The van der Waals surface area contributed by atoms with Crippen LogP contribution in [0, 0.1) is 49.4 Å². The highest BCUT2D eigenvalue weighted by molar-refractivity contribution is 5.99. The van der Waals surface area contributed by atoms with Gasteiger partial charge in [-0.2, -0.15) is 0 Å². The van der Waals surface area contributed by atoms with Crippen LogP contribution in [-0.2, 0) is 47.5 Å². The number of carbonyl (C=O) groups excluding carboxylic acids is 2. The Kier molecular flexibility index (Phi) is 15.6. The molecular weight excluding hydrogens is 793 g/mol. The van der Waals surface area contributed by atoms with Crippen molar-refractivity contribution in [2.24, 2.45) is 35.5 Å². The lowest BCUT2D eigenvalue weighted by Gasteiger charge is -2.47. The van der Waals surface area contributed by atoms with Crippen molar-refractivity contribution in [2.75, 3.05) is 40.7 Å². The molecule has 0 spiro atoms. The molecule has 2 saturated carbocycles. The first-order valence-corrected chi connectivity index (χ1v) is 23.5. The van der Waals surface area contributed by atoms with Crippen LogP contribution in [0.3, 0.4) is 0 Å². The van der Waals surface area contributed by atoms with Gasteiger partial charge in [-0.15, -0.1) is 0 Å². The van der Waals surface area contributed by atoms with E-state index in [-0.39, 0.29) is 78.6 Å². The van der Waals surface area contributed by atoms with Crippen molar-refractivity contribution >= 4 is 17.4 Å². The van der Waals surface area contributed by atoms with E-state index in [1.54, 1.807) is 21.3 Å². The molecule has 0 aromatic heterocycles. The summed E-state index contributed by atoms with van der Waals surface area (Å²) in [5.41, 5.74) is 3.78. The second-order valence-electron chi connectivity index (χ2n) is 19.5. The van der Waals surface area contributed by atoms with E-state index in [1.165, 1.54) is 0 Å². The van der Waals surface area contributed by atoms with Crippen molar-refractivity contribution in [1.29, 1.82) is 0 Å². The van der Waals surface area contributed by atoms with E-state index in [0.29, 0.717) is 43.7 Å². The highest BCUT2D eigenvalue weighted by atomic mass is 16.7. The van der Waals surface area contributed by atoms with Gasteiger partial charge < -0.3 is 53.2 Å². The molecule has 3 heterocycles. The topological polar surface area (TPSA) is 143 Å². The third kappa shape index (κ3) is 9.58. The minimum absolute atomic E-state index is 0.00857. The number of carbonyl (C=O) groups is 2. The largest absolute Gasteiger partial charge is 0.462 e. The first kappa shape index (κ1) is 47.5. The lowest BCUT2D eigenvalue weighted by molar-refractivity contribution is -0.314. The lowest BCUT2D eigenvalue weighted by Crippen LogP contribution is -2.59. The molecule has 13 nitrogen and oxygen atoms in total. The number of hydrogen-bond acceptors (Lipinski definition) is 13. The normalized spacial score (nSPS) is 42.9. The first-order chi connectivity index (χ1) is 29.7. The highest BCUT2D eigenvalue weighted by Crippen LogP contribution is 2.57. The lowest BCUT2D eigenvalue weighted by atomic mass is 9.62. The van der Waals surface area contributed by atoms with E-state index in [2.05, 4.69) is 63.3 Å². The van der Waals surface area contributed by atoms with Gasteiger partial charge >= 0.3 is 5.97 Å². The second-order valence-corrected chi connectivity index (χ2v) is 19.5. The molecule has 6 aliphatic rings. The molecule has 0 radical (unpaired) electrons. The summed E-state index contributed by atoms with van der Waals surface area (Å²) < 4.78 is 50.4. The molecule has 1 aromatic rings. The van der Waals surface area contributed by atoms with E-state index in [0.717, 1.165) is 36.1 Å². The summed E-state index contributed by atoms with van der Waals surface area (Å²) in [5.74, 6) is -1.91. The van der Waals surface area contributed by atoms with Gasteiger partial charge in [-0.05, 0) is 128 Å². The second kappa shape index (κ2) is 20.4. The quantitative estimate of drug-likeness (QED) is 0.238. The van der Waals surface area contributed by atoms with Crippen molar-refractivity contribution < 1.29 is 52.6 Å². The molecule has 0 bridgehead atoms. The molecule has 0 amide bonds. The van der Waals surface area contributed by atoms with Gasteiger partial charge in [-0.1, -0.05) is 38.1 Å². The number of nitrogens with zero attached hydrogens (tertiary/aromatic N) is 1. The average Bonchev–Trinajstić information content (AvgIpc) is 3.82. The smallest absolute Gasteiger partial charge is 0.306 e. The summed E-state index contributed by atoms with van der Waals surface area (Å²) in [6.45, 7) is 12.2. The van der Waals surface area contributed by atoms with Gasteiger partial charge in [0.25, 0.3) is 0 Å². The Balaban J connectivity index is 1.22. The number of ketones is 1. The van der Waals surface area contributed by atoms with Crippen molar-refractivity contribution in [3.8, 4) is 0 Å². The predicted molar refractivity (Wildman–Crippen MR) is 234 cm³/mol. The number of esters is 1. The molecular formula is C49H76N2O11. The highest BCUT2D eigenvalue weighted by Gasteiger charge is 2.60. The SMILES string of the molecule is CC[C@H]1CCC[C@H](O[C@H]2CC[C@H](N(C)C)C(C)O2)[C@@H](C)C(=O)C2=C[C@H]3[C@@H]4C[C@H](O[C@@H]5OC(C)[C@H](OC)C(OC)[C@@H]5OC)C[C@H]4[C@H](Nc4c(C)cccc4C)[C@@H](O)[C@H]3[C@@H]2CC(=O)O1. The van der Waals surface area contributed by atoms with E-state index >= 15 is 4.79 Å². The molecule has 5 fully saturated rings. The van der Waals surface area contributed by atoms with Crippen molar-refractivity contribution in [1.82, 2.24) is 4.90 Å². The Morgan fingerprint density at radius 1 is 0.855 bits per heavy atom. The summed E-state index contributed by atoms with van der Waals surface area (Å²) in [6, 6.07) is 6.13. The maximum Gasteiger partial charge on any atom is 0.306 e. The van der Waals surface area contributed by atoms with Crippen LogP contribution in [0.1, 0.15) is 96.6 Å². The molecule has 3 unspecified atom stereocenters. The van der Waals surface area contributed by atoms with E-state index < -0.39 is 48.6 Å². The Morgan fingerprint density at radius 2 is 1.55 bits per heavy atom. The number of para-hydroxylation sites is 1. The van der Waals surface area contributed by atoms with Gasteiger partial charge in [-0.25, -0.2) is 0 Å². The van der Waals surface area contributed by atoms with Gasteiger partial charge in [0.15, 0.2) is 18.4 Å². The number of aliphatic hydroxyl groups is 1. The molecule has 13 heteroatoms. The number of ether oxygens (including phenoxy) is 8. The summed E-state index contributed by atoms with van der Waals surface area (Å²) in [4.78, 5) is 31.3. The third-order valence-corrected chi connectivity index (χ3v) is 15.7. The van der Waals surface area contributed by atoms with Gasteiger partial charge in [0.05, 0.1) is 43.0 Å². The average molecular weight is 869 g/mol. The van der Waals surface area contributed by atoms with Gasteiger partial charge in [-0.3, -0.25) is 9.59 Å². The molecule has 2 N–H and O–H groups in total. The van der Waals surface area contributed by atoms with E-state index in [1.807, 2.05) is 26.8 Å². The Morgan fingerprint density at radius 3 is 2.19 bits per heavy atom. The first-order valence-electron chi connectivity index (χ1n) is 23.5. The molecule has 3 aliphatic carbocycles. The van der Waals surface area contributed by atoms with Gasteiger partial charge in [0.1, 0.15) is 24.4 Å². The fraction of sp³-hybridized carbons (Fsp3) is 0.796. The number of anilines is 1. The van der Waals surface area contributed by atoms with Gasteiger partial charge in [0.2, 0.25) is 0 Å². The molecule has 1 aromatic carbocycles. The Bertz CT molecular complexity index is 1700. The fourth-order valence-corrected chi connectivity index (χ4v) is 12.4. The number of likely N-dealkylation sites (N-methyl/N-ethyl adjacent to an activating group) is 1. The number of hydrogen-bond donors (Lipinski definition) is 2. The standard InChI is InChI=1S/C49H76N2O11/c1-12-30-17-14-18-38(62-40-20-19-37(51(7)8)28(5)58-40)27(4)44(53)36-23-33-32-21-31(61-49-48(57-11)47(56-10)46(55-9)29(6)59-49)22-35(32)43(50-42-25(2)15-13-16-26(42)3)45(54)41(33)34(36)24-39(52)60-30/h13,15-16,23,27-35,37-38,40-41,43,45-50,54H,12,14,17-22,24H2,1-11H3/t27-,28?,29?,30+,31+,32+,33+,34-,35-,37+,38+,40+,41-,43+,45+,46+,47?,48+,49+/m1/s1. The molecule has 3 aliphatic heterocycles. The minimum Gasteiger partial charge on any atom is -0.462 e. The van der Waals surface area contributed by atoms with Gasteiger partial charge in [0, 0.05) is 50.8 Å². The molecule has 19 atom stereocenters. The number of nitrogens with one attached hydrogen (secondary N) is 1. The number of Topliss-reactive ketones (excluding diaryl/α,β-unsaturated/α-hetero) is 1. The number of cyclic esters (lactones) is 1. The minimum atomic E-state index is -0.879. The molecule has 3 saturated heterocycles. The van der Waals surface area contributed by atoms with Crippen LogP contribution in [0.5, 0.6) is 0 Å².